The minimum Gasteiger partial charge on any atom is -0.478 e. The Morgan fingerprint density at radius 1 is 1.14 bits per heavy atom. The van der Waals surface area contributed by atoms with Crippen molar-refractivity contribution in [2.24, 2.45) is 5.41 Å². The van der Waals surface area contributed by atoms with Gasteiger partial charge in [0, 0.05) is 18.4 Å². The number of ether oxygens (including phenoxy) is 1. The van der Waals surface area contributed by atoms with Crippen LogP contribution in [0.25, 0.3) is 0 Å². The molecule has 0 bridgehead atoms. The van der Waals surface area contributed by atoms with Crippen LogP contribution in [-0.2, 0) is 19.7 Å². The predicted molar refractivity (Wildman–Crippen MR) is 101 cm³/mol. The van der Waals surface area contributed by atoms with Crippen molar-refractivity contribution >= 4 is 35.0 Å². The first-order valence-corrected chi connectivity index (χ1v) is 9.39. The minimum absolute atomic E-state index is 0.0286. The Morgan fingerprint density at radius 2 is 1.76 bits per heavy atom. The lowest BCUT2D eigenvalue weighted by molar-refractivity contribution is -0.143. The van der Waals surface area contributed by atoms with Gasteiger partial charge in [-0.3, -0.25) is 4.79 Å². The predicted octanol–water partition coefficient (Wildman–Crippen LogP) is 5.83. The van der Waals surface area contributed by atoms with Crippen molar-refractivity contribution in [3.8, 4) is 0 Å². The molecule has 29 heavy (non-hydrogen) atoms. The topological polar surface area (TPSA) is 63.6 Å². The molecule has 4 nitrogen and oxygen atoms in total. The van der Waals surface area contributed by atoms with E-state index in [4.69, 9.17) is 27.9 Å². The molecular weight excluding hydrogens is 432 g/mol. The van der Waals surface area contributed by atoms with Crippen molar-refractivity contribution in [1.29, 1.82) is 0 Å². The summed E-state index contributed by atoms with van der Waals surface area (Å²) in [5, 5.41) is 9.92. The molecule has 1 aliphatic carbocycles. The normalized spacial score (nSPS) is 24.3. The number of carboxylic acids is 1. The van der Waals surface area contributed by atoms with Crippen LogP contribution in [0.3, 0.4) is 0 Å². The van der Waals surface area contributed by atoms with E-state index in [1.807, 2.05) is 0 Å². The Hall–Kier alpha value is -1.99. The number of carbonyl (C=O) groups excluding carboxylic acids is 1. The summed E-state index contributed by atoms with van der Waals surface area (Å²) in [6.45, 7) is 4.74. The molecule has 1 unspecified atom stereocenters. The Labute approximate surface area is 174 Å². The number of hydrogen-bond donors (Lipinski definition) is 1. The van der Waals surface area contributed by atoms with Crippen LogP contribution in [0.4, 0.5) is 13.2 Å². The van der Waals surface area contributed by atoms with Crippen LogP contribution in [0, 0.1) is 5.41 Å². The Balaban J connectivity index is 2.41. The molecule has 156 valence electrons. The molecule has 1 heterocycles. The number of allylic oxidation sites excluding steroid dienone is 3. The molecule has 1 atom stereocenters. The molecule has 0 saturated heterocycles. The smallest absolute Gasteiger partial charge is 0.450 e. The monoisotopic (exact) mass is 448 g/mol. The van der Waals surface area contributed by atoms with Crippen molar-refractivity contribution in [1.82, 2.24) is 0 Å². The van der Waals surface area contributed by atoms with E-state index >= 15 is 0 Å². The second-order valence-corrected chi connectivity index (χ2v) is 8.92. The quantitative estimate of drug-likeness (QED) is 0.618. The molecule has 9 heteroatoms. The molecule has 0 radical (unpaired) electrons. The molecular formula is C20H17Cl2F3O4. The van der Waals surface area contributed by atoms with Gasteiger partial charge in [-0.1, -0.05) is 43.1 Å². The van der Waals surface area contributed by atoms with E-state index in [1.165, 1.54) is 25.1 Å². The highest BCUT2D eigenvalue weighted by molar-refractivity contribution is 6.42. The average molecular weight is 449 g/mol. The number of hydrogen-bond acceptors (Lipinski definition) is 3. The summed E-state index contributed by atoms with van der Waals surface area (Å²) in [5.74, 6) is -4.11. The van der Waals surface area contributed by atoms with Crippen molar-refractivity contribution in [3.63, 3.8) is 0 Å². The highest BCUT2D eigenvalue weighted by Gasteiger charge is 2.57. The molecule has 1 aromatic carbocycles. The van der Waals surface area contributed by atoms with Gasteiger partial charge in [-0.25, -0.2) is 4.79 Å². The number of benzene rings is 1. The maximum Gasteiger partial charge on any atom is 0.450 e. The Kier molecular flexibility index (Phi) is 5.07. The third-order valence-corrected chi connectivity index (χ3v) is 6.00. The van der Waals surface area contributed by atoms with Gasteiger partial charge in [-0.2, -0.15) is 13.2 Å². The number of carboxylic acid groups (broad SMARTS) is 1. The van der Waals surface area contributed by atoms with Gasteiger partial charge in [0.05, 0.1) is 21.0 Å². The standard InChI is InChI=1S/C20H17Cl2F3O4/c1-18(2)7-12(26)14-13(8-18)29-16(20(23,24)25)15(17(27)28)19(14,3)9-4-5-10(21)11(22)6-9/h4-6H,7-8H2,1-3H3,(H,27,28). The number of rotatable bonds is 2. The zero-order valence-corrected chi connectivity index (χ0v) is 17.2. The van der Waals surface area contributed by atoms with Crippen LogP contribution < -0.4 is 0 Å². The fraction of sp³-hybridized carbons (Fsp3) is 0.400. The number of carbonyl (C=O) groups is 2. The van der Waals surface area contributed by atoms with Crippen molar-refractivity contribution in [2.75, 3.05) is 0 Å². The Bertz CT molecular complexity index is 992. The minimum atomic E-state index is -5.08. The van der Waals surface area contributed by atoms with Crippen LogP contribution in [0.5, 0.6) is 0 Å². The molecule has 0 fully saturated rings. The van der Waals surface area contributed by atoms with E-state index in [0.29, 0.717) is 0 Å². The van der Waals surface area contributed by atoms with Gasteiger partial charge >= 0.3 is 12.1 Å². The molecule has 0 amide bonds. The summed E-state index contributed by atoms with van der Waals surface area (Å²) in [6, 6.07) is 4.00. The number of halogens is 5. The maximum atomic E-state index is 13.8. The Morgan fingerprint density at radius 3 is 2.28 bits per heavy atom. The van der Waals surface area contributed by atoms with Gasteiger partial charge in [-0.05, 0) is 30.0 Å². The summed E-state index contributed by atoms with van der Waals surface area (Å²) in [6.07, 6.45) is -4.98. The first kappa shape index (κ1) is 21.7. The second kappa shape index (κ2) is 6.77. The van der Waals surface area contributed by atoms with Gasteiger partial charge in [-0.15, -0.1) is 0 Å². The summed E-state index contributed by atoms with van der Waals surface area (Å²) >= 11 is 12.0. The summed E-state index contributed by atoms with van der Waals surface area (Å²) in [5.41, 5.74) is -3.61. The molecule has 2 aliphatic rings. The second-order valence-electron chi connectivity index (χ2n) is 8.10. The summed E-state index contributed by atoms with van der Waals surface area (Å²) in [4.78, 5) is 25.0. The molecule has 1 N–H and O–H groups in total. The maximum absolute atomic E-state index is 13.8. The number of Topliss-reactive ketones (excluding diaryl/α,β-unsaturated/α-hetero) is 1. The highest BCUT2D eigenvalue weighted by atomic mass is 35.5. The third kappa shape index (κ3) is 3.55. The van der Waals surface area contributed by atoms with Crippen molar-refractivity contribution in [2.45, 2.75) is 45.2 Å². The van der Waals surface area contributed by atoms with E-state index in [0.717, 1.165) is 0 Å². The first-order valence-electron chi connectivity index (χ1n) is 8.64. The first-order chi connectivity index (χ1) is 13.2. The lowest BCUT2D eigenvalue weighted by Gasteiger charge is -2.44. The molecule has 0 spiro atoms. The van der Waals surface area contributed by atoms with E-state index in [1.54, 1.807) is 13.8 Å². The van der Waals surface area contributed by atoms with E-state index in [9.17, 15) is 27.9 Å². The van der Waals surface area contributed by atoms with Crippen molar-refractivity contribution < 1.29 is 32.6 Å². The van der Waals surface area contributed by atoms with Gasteiger partial charge in [0.25, 0.3) is 0 Å². The fourth-order valence-electron chi connectivity index (χ4n) is 4.04. The molecule has 0 aromatic heterocycles. The van der Waals surface area contributed by atoms with Crippen molar-refractivity contribution in [3.05, 3.63) is 56.5 Å². The number of ketones is 1. The SMILES string of the molecule is CC1(C)CC(=O)C2=C(C1)OC(C(F)(F)F)=C(C(=O)O)C2(C)c1ccc(Cl)c(Cl)c1. The molecule has 3 rings (SSSR count). The van der Waals surface area contributed by atoms with Crippen LogP contribution in [-0.4, -0.2) is 23.0 Å². The molecule has 0 saturated carbocycles. The molecule has 1 aliphatic heterocycles. The van der Waals surface area contributed by atoms with Crippen LogP contribution in [0.1, 0.15) is 39.2 Å². The number of alkyl halides is 3. The third-order valence-electron chi connectivity index (χ3n) is 5.26. The summed E-state index contributed by atoms with van der Waals surface area (Å²) < 4.78 is 46.5. The largest absolute Gasteiger partial charge is 0.478 e. The van der Waals surface area contributed by atoms with E-state index in [2.05, 4.69) is 0 Å². The van der Waals surface area contributed by atoms with Crippen LogP contribution in [0.15, 0.2) is 40.9 Å². The van der Waals surface area contributed by atoms with Gasteiger partial charge in [0.1, 0.15) is 5.76 Å². The zero-order valence-electron chi connectivity index (χ0n) is 15.7. The molecule has 1 aromatic rings. The number of aliphatic carboxylic acids is 1. The van der Waals surface area contributed by atoms with Gasteiger partial charge in [0.15, 0.2) is 5.78 Å². The van der Waals surface area contributed by atoms with Gasteiger partial charge < -0.3 is 9.84 Å². The lowest BCUT2D eigenvalue weighted by Crippen LogP contribution is -2.45. The summed E-state index contributed by atoms with van der Waals surface area (Å²) in [7, 11) is 0. The van der Waals surface area contributed by atoms with E-state index in [-0.39, 0.29) is 39.8 Å². The lowest BCUT2D eigenvalue weighted by atomic mass is 9.62. The zero-order chi connectivity index (χ0) is 21.9. The van der Waals surface area contributed by atoms with Gasteiger partial charge in [0.2, 0.25) is 5.76 Å². The van der Waals surface area contributed by atoms with Crippen LogP contribution >= 0.6 is 23.2 Å². The fourth-order valence-corrected chi connectivity index (χ4v) is 4.34. The highest BCUT2D eigenvalue weighted by Crippen LogP contribution is 2.54. The van der Waals surface area contributed by atoms with Crippen LogP contribution in [0.2, 0.25) is 10.0 Å². The average Bonchev–Trinajstić information content (AvgIpc) is 2.53. The van der Waals surface area contributed by atoms with E-state index < -0.39 is 40.1 Å².